The summed E-state index contributed by atoms with van der Waals surface area (Å²) in [6, 6.07) is 14.6. The van der Waals surface area contributed by atoms with Gasteiger partial charge >= 0.3 is 0 Å². The van der Waals surface area contributed by atoms with E-state index in [1.165, 1.54) is 23.3 Å². The molecule has 1 aliphatic carbocycles. The molecule has 0 saturated carbocycles. The fraction of sp³-hybridized carbons (Fsp3) is 0.333. The molecular weight excluding hydrogens is 281 g/mol. The summed E-state index contributed by atoms with van der Waals surface area (Å²) in [5.41, 5.74) is 2.77. The van der Waals surface area contributed by atoms with Gasteiger partial charge in [-0.25, -0.2) is 4.39 Å². The van der Waals surface area contributed by atoms with Crippen LogP contribution in [0.25, 0.3) is 0 Å². The van der Waals surface area contributed by atoms with Crippen LogP contribution < -0.4 is 10.1 Å². The van der Waals surface area contributed by atoms with Crippen molar-refractivity contribution >= 4 is 0 Å². The number of rotatable bonds is 6. The van der Waals surface area contributed by atoms with Crippen LogP contribution in [0.5, 0.6) is 5.75 Å². The van der Waals surface area contributed by atoms with E-state index in [2.05, 4.69) is 29.6 Å². The van der Waals surface area contributed by atoms with E-state index in [0.29, 0.717) is 18.3 Å². The van der Waals surface area contributed by atoms with E-state index in [-0.39, 0.29) is 12.4 Å². The number of hydrogen-bond acceptors (Lipinski definition) is 3. The van der Waals surface area contributed by atoms with Gasteiger partial charge in [-0.2, -0.15) is 0 Å². The minimum atomic E-state index is -0.589. The SMILES string of the molecule is O[C@H](CNC1Cc2ccccc2C1)COc1ccc(F)cc1. The summed E-state index contributed by atoms with van der Waals surface area (Å²) < 4.78 is 18.2. The van der Waals surface area contributed by atoms with Gasteiger partial charge in [0.1, 0.15) is 24.3 Å². The smallest absolute Gasteiger partial charge is 0.123 e. The third-order valence-corrected chi connectivity index (χ3v) is 3.95. The van der Waals surface area contributed by atoms with Gasteiger partial charge in [-0.1, -0.05) is 24.3 Å². The lowest BCUT2D eigenvalue weighted by atomic mass is 10.1. The third-order valence-electron chi connectivity index (χ3n) is 3.95. The fourth-order valence-electron chi connectivity index (χ4n) is 2.79. The van der Waals surface area contributed by atoms with Crippen LogP contribution in [0.4, 0.5) is 4.39 Å². The average Bonchev–Trinajstić information content (AvgIpc) is 2.95. The molecule has 22 heavy (non-hydrogen) atoms. The van der Waals surface area contributed by atoms with Crippen LogP contribution in [0.1, 0.15) is 11.1 Å². The van der Waals surface area contributed by atoms with Crippen molar-refractivity contribution in [2.75, 3.05) is 13.2 Å². The first-order valence-electron chi connectivity index (χ1n) is 7.57. The number of benzene rings is 2. The lowest BCUT2D eigenvalue weighted by molar-refractivity contribution is 0.104. The Hall–Kier alpha value is -1.91. The van der Waals surface area contributed by atoms with Crippen molar-refractivity contribution < 1.29 is 14.2 Å². The molecular formula is C18H20FNO2. The highest BCUT2D eigenvalue weighted by molar-refractivity contribution is 5.33. The minimum absolute atomic E-state index is 0.193. The predicted octanol–water partition coefficient (Wildman–Crippen LogP) is 2.32. The van der Waals surface area contributed by atoms with Crippen LogP contribution in [-0.2, 0) is 12.8 Å². The Kier molecular flexibility index (Phi) is 4.71. The van der Waals surface area contributed by atoms with Gasteiger partial charge in [0.05, 0.1) is 0 Å². The topological polar surface area (TPSA) is 41.5 Å². The molecule has 2 N–H and O–H groups in total. The number of fused-ring (bicyclic) bond motifs is 1. The molecule has 0 saturated heterocycles. The Balaban J connectivity index is 1.40. The van der Waals surface area contributed by atoms with Gasteiger partial charge in [0, 0.05) is 12.6 Å². The maximum absolute atomic E-state index is 12.8. The number of aliphatic hydroxyl groups excluding tert-OH is 1. The van der Waals surface area contributed by atoms with Gasteiger partial charge in [-0.3, -0.25) is 0 Å². The summed E-state index contributed by atoms with van der Waals surface area (Å²) in [7, 11) is 0. The second kappa shape index (κ2) is 6.90. The molecule has 0 radical (unpaired) electrons. The van der Waals surface area contributed by atoms with Crippen molar-refractivity contribution in [2.24, 2.45) is 0 Å². The molecule has 116 valence electrons. The molecule has 0 amide bonds. The summed E-state index contributed by atoms with van der Waals surface area (Å²) in [5, 5.41) is 13.4. The van der Waals surface area contributed by atoms with Crippen LogP contribution in [0.2, 0.25) is 0 Å². The van der Waals surface area contributed by atoms with Crippen molar-refractivity contribution in [2.45, 2.75) is 25.0 Å². The maximum atomic E-state index is 12.8. The van der Waals surface area contributed by atoms with E-state index in [1.807, 2.05) is 0 Å². The van der Waals surface area contributed by atoms with Gasteiger partial charge < -0.3 is 15.2 Å². The number of ether oxygens (including phenoxy) is 1. The fourth-order valence-corrected chi connectivity index (χ4v) is 2.79. The zero-order valence-electron chi connectivity index (χ0n) is 12.3. The molecule has 0 aromatic heterocycles. The lowest BCUT2D eigenvalue weighted by Gasteiger charge is -2.16. The molecule has 0 bridgehead atoms. The Morgan fingerprint density at radius 3 is 2.36 bits per heavy atom. The molecule has 0 heterocycles. The Bertz CT molecular complexity index is 590. The van der Waals surface area contributed by atoms with E-state index in [1.54, 1.807) is 12.1 Å². The minimum Gasteiger partial charge on any atom is -0.491 e. The first-order valence-corrected chi connectivity index (χ1v) is 7.57. The normalized spacial score (nSPS) is 15.5. The van der Waals surface area contributed by atoms with Crippen LogP contribution in [0.3, 0.4) is 0 Å². The Morgan fingerprint density at radius 2 is 1.73 bits per heavy atom. The van der Waals surface area contributed by atoms with Gasteiger partial charge in [0.15, 0.2) is 0 Å². The van der Waals surface area contributed by atoms with Crippen molar-refractivity contribution in [3.63, 3.8) is 0 Å². The molecule has 3 nitrogen and oxygen atoms in total. The van der Waals surface area contributed by atoms with Crippen molar-refractivity contribution in [1.29, 1.82) is 0 Å². The highest BCUT2D eigenvalue weighted by Gasteiger charge is 2.21. The van der Waals surface area contributed by atoms with Crippen molar-refractivity contribution in [3.8, 4) is 5.75 Å². The molecule has 2 aromatic carbocycles. The Labute approximate surface area is 129 Å². The van der Waals surface area contributed by atoms with E-state index < -0.39 is 6.10 Å². The average molecular weight is 301 g/mol. The largest absolute Gasteiger partial charge is 0.491 e. The molecule has 3 rings (SSSR count). The molecule has 0 spiro atoms. The van der Waals surface area contributed by atoms with Crippen LogP contribution in [0, 0.1) is 5.82 Å². The zero-order chi connectivity index (χ0) is 15.4. The summed E-state index contributed by atoms with van der Waals surface area (Å²) >= 11 is 0. The van der Waals surface area contributed by atoms with Crippen LogP contribution in [-0.4, -0.2) is 30.4 Å². The quantitative estimate of drug-likeness (QED) is 0.860. The molecule has 1 atom stereocenters. The summed E-state index contributed by atoms with van der Waals surface area (Å²) in [6.07, 6.45) is 1.41. The highest BCUT2D eigenvalue weighted by atomic mass is 19.1. The summed E-state index contributed by atoms with van der Waals surface area (Å²) in [6.45, 7) is 0.679. The maximum Gasteiger partial charge on any atom is 0.123 e. The van der Waals surface area contributed by atoms with Crippen LogP contribution >= 0.6 is 0 Å². The van der Waals surface area contributed by atoms with E-state index in [0.717, 1.165) is 12.8 Å². The number of aliphatic hydroxyl groups is 1. The standard InChI is InChI=1S/C18H20FNO2/c19-15-5-7-18(8-6-15)22-12-17(21)11-20-16-9-13-3-1-2-4-14(13)10-16/h1-8,16-17,20-21H,9-12H2/t17-/m1/s1. The first kappa shape index (κ1) is 15.0. The second-order valence-electron chi connectivity index (χ2n) is 5.70. The van der Waals surface area contributed by atoms with Crippen molar-refractivity contribution in [1.82, 2.24) is 5.32 Å². The lowest BCUT2D eigenvalue weighted by Crippen LogP contribution is -2.38. The van der Waals surface area contributed by atoms with Gasteiger partial charge in [0.2, 0.25) is 0 Å². The van der Waals surface area contributed by atoms with Gasteiger partial charge in [0.25, 0.3) is 0 Å². The van der Waals surface area contributed by atoms with Gasteiger partial charge in [-0.15, -0.1) is 0 Å². The monoisotopic (exact) mass is 301 g/mol. The number of nitrogens with one attached hydrogen (secondary N) is 1. The molecule has 0 aliphatic heterocycles. The summed E-state index contributed by atoms with van der Waals surface area (Å²) in [5.74, 6) is 0.268. The summed E-state index contributed by atoms with van der Waals surface area (Å²) in [4.78, 5) is 0. The second-order valence-corrected chi connectivity index (χ2v) is 5.70. The predicted molar refractivity (Wildman–Crippen MR) is 83.5 cm³/mol. The zero-order valence-corrected chi connectivity index (χ0v) is 12.3. The van der Waals surface area contributed by atoms with E-state index in [9.17, 15) is 9.50 Å². The van der Waals surface area contributed by atoms with E-state index >= 15 is 0 Å². The molecule has 0 fully saturated rings. The number of hydrogen-bond donors (Lipinski definition) is 2. The molecule has 1 aliphatic rings. The third kappa shape index (κ3) is 3.84. The first-order chi connectivity index (χ1) is 10.7. The molecule has 4 heteroatoms. The van der Waals surface area contributed by atoms with Gasteiger partial charge in [-0.05, 0) is 48.2 Å². The Morgan fingerprint density at radius 1 is 1.09 bits per heavy atom. The molecule has 0 unspecified atom stereocenters. The van der Waals surface area contributed by atoms with Crippen LogP contribution in [0.15, 0.2) is 48.5 Å². The van der Waals surface area contributed by atoms with Crippen molar-refractivity contribution in [3.05, 3.63) is 65.5 Å². The highest BCUT2D eigenvalue weighted by Crippen LogP contribution is 2.21. The number of halogens is 1. The van der Waals surface area contributed by atoms with E-state index in [4.69, 9.17) is 4.74 Å². The molecule has 2 aromatic rings.